The summed E-state index contributed by atoms with van der Waals surface area (Å²) in [6.07, 6.45) is 0. The molecule has 0 fully saturated rings. The van der Waals surface area contributed by atoms with Crippen LogP contribution < -0.4 is 5.32 Å². The van der Waals surface area contributed by atoms with E-state index in [1.165, 1.54) is 7.11 Å². The van der Waals surface area contributed by atoms with E-state index in [2.05, 4.69) is 10.7 Å². The molecular formula is C26H24N2O3S. The minimum atomic E-state index is -0.693. The van der Waals surface area contributed by atoms with Gasteiger partial charge in [0.25, 0.3) is 5.91 Å². The molecule has 0 aliphatic rings. The second-order valence-electron chi connectivity index (χ2n) is 7.90. The topological polar surface area (TPSA) is 68.3 Å². The highest BCUT2D eigenvalue weighted by atomic mass is 32.1. The minimum absolute atomic E-state index is 0.0813. The van der Waals surface area contributed by atoms with Crippen LogP contribution in [0.25, 0.3) is 32.6 Å². The van der Waals surface area contributed by atoms with Crippen LogP contribution in [0.5, 0.6) is 0 Å². The summed E-state index contributed by atoms with van der Waals surface area (Å²) in [5, 5.41) is 7.73. The van der Waals surface area contributed by atoms with Crippen molar-refractivity contribution in [1.29, 1.82) is 0 Å². The lowest BCUT2D eigenvalue weighted by Crippen LogP contribution is -2.45. The zero-order chi connectivity index (χ0) is 22.7. The predicted molar refractivity (Wildman–Crippen MR) is 129 cm³/mol. The van der Waals surface area contributed by atoms with Gasteiger partial charge >= 0.3 is 5.97 Å². The Balaban J connectivity index is 1.61. The number of esters is 1. The SMILES string of the molecule is COC(=O)C(NC(=O)c1ccc2ccc(-c3nc(-c4ccccc4)cs3)cc2c1)C(C)C. The lowest BCUT2D eigenvalue weighted by molar-refractivity contribution is -0.144. The van der Waals surface area contributed by atoms with Crippen LogP contribution in [-0.4, -0.2) is 30.0 Å². The van der Waals surface area contributed by atoms with E-state index in [1.807, 2.05) is 74.5 Å². The molecule has 5 nitrogen and oxygen atoms in total. The molecule has 1 amide bonds. The Bertz CT molecular complexity index is 1260. The quantitative estimate of drug-likeness (QED) is 0.396. The van der Waals surface area contributed by atoms with Crippen molar-refractivity contribution in [2.24, 2.45) is 5.92 Å². The second-order valence-corrected chi connectivity index (χ2v) is 8.76. The zero-order valence-electron chi connectivity index (χ0n) is 18.2. The highest BCUT2D eigenvalue weighted by Gasteiger charge is 2.25. The summed E-state index contributed by atoms with van der Waals surface area (Å²) in [7, 11) is 1.32. The number of carbonyl (C=O) groups excluding carboxylic acids is 2. The Kier molecular flexibility index (Phi) is 6.32. The molecule has 1 N–H and O–H groups in total. The van der Waals surface area contributed by atoms with Gasteiger partial charge in [-0.3, -0.25) is 4.79 Å². The van der Waals surface area contributed by atoms with Gasteiger partial charge < -0.3 is 10.1 Å². The van der Waals surface area contributed by atoms with E-state index in [1.54, 1.807) is 17.4 Å². The summed E-state index contributed by atoms with van der Waals surface area (Å²) in [5.41, 5.74) is 3.52. The molecule has 32 heavy (non-hydrogen) atoms. The number of hydrogen-bond donors (Lipinski definition) is 1. The standard InChI is InChI=1S/C26H24N2O3S/c1-16(2)23(26(30)31-3)28-24(29)19-11-9-17-10-12-20(14-21(17)13-19)25-27-22(15-32-25)18-7-5-4-6-8-18/h4-16,23H,1-3H3,(H,28,29). The fraction of sp³-hybridized carbons (Fsp3) is 0.192. The third-order valence-corrected chi connectivity index (χ3v) is 6.22. The van der Waals surface area contributed by atoms with Crippen molar-refractivity contribution in [3.63, 3.8) is 0 Å². The molecule has 1 atom stereocenters. The first-order chi connectivity index (χ1) is 15.5. The highest BCUT2D eigenvalue weighted by Crippen LogP contribution is 2.31. The van der Waals surface area contributed by atoms with Crippen molar-refractivity contribution in [1.82, 2.24) is 10.3 Å². The van der Waals surface area contributed by atoms with Gasteiger partial charge in [-0.15, -0.1) is 11.3 Å². The number of rotatable bonds is 6. The molecule has 3 aromatic carbocycles. The maximum Gasteiger partial charge on any atom is 0.328 e. The van der Waals surface area contributed by atoms with E-state index in [9.17, 15) is 9.59 Å². The number of ether oxygens (including phenoxy) is 1. The molecule has 162 valence electrons. The molecule has 0 spiro atoms. The van der Waals surface area contributed by atoms with Crippen molar-refractivity contribution in [2.75, 3.05) is 7.11 Å². The van der Waals surface area contributed by atoms with Crippen molar-refractivity contribution >= 4 is 34.0 Å². The van der Waals surface area contributed by atoms with Gasteiger partial charge in [-0.2, -0.15) is 0 Å². The summed E-state index contributed by atoms with van der Waals surface area (Å²) < 4.78 is 4.82. The number of nitrogens with one attached hydrogen (secondary N) is 1. The normalized spacial score (nSPS) is 12.0. The van der Waals surface area contributed by atoms with Crippen molar-refractivity contribution < 1.29 is 14.3 Å². The molecule has 6 heteroatoms. The van der Waals surface area contributed by atoms with Gasteiger partial charge in [0.1, 0.15) is 11.0 Å². The Morgan fingerprint density at radius 3 is 2.41 bits per heavy atom. The molecule has 1 unspecified atom stereocenters. The number of amides is 1. The van der Waals surface area contributed by atoms with Gasteiger partial charge in [0.2, 0.25) is 0 Å². The van der Waals surface area contributed by atoms with Crippen LogP contribution in [0, 0.1) is 5.92 Å². The number of benzene rings is 3. The van der Waals surface area contributed by atoms with Gasteiger partial charge in [-0.1, -0.05) is 62.4 Å². The molecule has 1 aromatic heterocycles. The zero-order valence-corrected chi connectivity index (χ0v) is 19.0. The van der Waals surface area contributed by atoms with Gasteiger partial charge in [-0.05, 0) is 34.9 Å². The van der Waals surface area contributed by atoms with Gasteiger partial charge in [0, 0.05) is 22.1 Å². The smallest absolute Gasteiger partial charge is 0.328 e. The number of nitrogens with zero attached hydrogens (tertiary/aromatic N) is 1. The minimum Gasteiger partial charge on any atom is -0.467 e. The van der Waals surface area contributed by atoms with Gasteiger partial charge in [0.05, 0.1) is 12.8 Å². The van der Waals surface area contributed by atoms with Crippen LogP contribution in [-0.2, 0) is 9.53 Å². The summed E-state index contributed by atoms with van der Waals surface area (Å²) >= 11 is 1.59. The molecule has 4 aromatic rings. The third-order valence-electron chi connectivity index (χ3n) is 5.33. The number of methoxy groups -OCH3 is 1. The summed E-state index contributed by atoms with van der Waals surface area (Å²) in [6.45, 7) is 3.73. The van der Waals surface area contributed by atoms with Gasteiger partial charge in [0.15, 0.2) is 0 Å². The molecule has 1 heterocycles. The first kappa shape index (κ1) is 21.7. The largest absolute Gasteiger partial charge is 0.467 e. The van der Waals surface area contributed by atoms with Crippen molar-refractivity contribution in [2.45, 2.75) is 19.9 Å². The van der Waals surface area contributed by atoms with Crippen LogP contribution in [0.4, 0.5) is 0 Å². The molecular weight excluding hydrogens is 420 g/mol. The summed E-state index contributed by atoms with van der Waals surface area (Å²) in [6, 6.07) is 21.0. The average molecular weight is 445 g/mol. The molecule has 0 bridgehead atoms. The number of hydrogen-bond acceptors (Lipinski definition) is 5. The van der Waals surface area contributed by atoms with Crippen molar-refractivity contribution in [3.8, 4) is 21.8 Å². The predicted octanol–water partition coefficient (Wildman–Crippen LogP) is 5.56. The monoisotopic (exact) mass is 444 g/mol. The van der Waals surface area contributed by atoms with E-state index in [0.717, 1.165) is 32.6 Å². The summed E-state index contributed by atoms with van der Waals surface area (Å²) in [5.74, 6) is -0.835. The van der Waals surface area contributed by atoms with Crippen LogP contribution in [0.1, 0.15) is 24.2 Å². The highest BCUT2D eigenvalue weighted by molar-refractivity contribution is 7.13. The van der Waals surface area contributed by atoms with Crippen LogP contribution in [0.3, 0.4) is 0 Å². The number of carbonyl (C=O) groups is 2. The average Bonchev–Trinajstić information content (AvgIpc) is 3.32. The number of thiazole rings is 1. The molecule has 0 aliphatic carbocycles. The van der Waals surface area contributed by atoms with Crippen LogP contribution in [0.2, 0.25) is 0 Å². The number of aromatic nitrogens is 1. The second kappa shape index (κ2) is 9.32. The van der Waals surface area contributed by atoms with E-state index in [0.29, 0.717) is 5.56 Å². The molecule has 4 rings (SSSR count). The third kappa shape index (κ3) is 4.55. The summed E-state index contributed by atoms with van der Waals surface area (Å²) in [4.78, 5) is 29.6. The maximum atomic E-state index is 12.8. The first-order valence-electron chi connectivity index (χ1n) is 10.4. The van der Waals surface area contributed by atoms with Crippen LogP contribution >= 0.6 is 11.3 Å². The lowest BCUT2D eigenvalue weighted by atomic mass is 10.0. The van der Waals surface area contributed by atoms with E-state index in [4.69, 9.17) is 9.72 Å². The fourth-order valence-electron chi connectivity index (χ4n) is 3.52. The molecule has 0 saturated heterocycles. The van der Waals surface area contributed by atoms with E-state index >= 15 is 0 Å². The fourth-order valence-corrected chi connectivity index (χ4v) is 4.34. The molecule has 0 aliphatic heterocycles. The Hall–Kier alpha value is -3.51. The van der Waals surface area contributed by atoms with E-state index in [-0.39, 0.29) is 11.8 Å². The Morgan fingerprint density at radius 1 is 0.938 bits per heavy atom. The van der Waals surface area contributed by atoms with Crippen molar-refractivity contribution in [3.05, 3.63) is 77.7 Å². The number of fused-ring (bicyclic) bond motifs is 1. The maximum absolute atomic E-state index is 12.8. The Labute approximate surface area is 191 Å². The van der Waals surface area contributed by atoms with Gasteiger partial charge in [-0.25, -0.2) is 9.78 Å². The Morgan fingerprint density at radius 2 is 1.69 bits per heavy atom. The van der Waals surface area contributed by atoms with E-state index < -0.39 is 12.0 Å². The lowest BCUT2D eigenvalue weighted by Gasteiger charge is -2.19. The first-order valence-corrected chi connectivity index (χ1v) is 11.3. The molecule has 0 saturated carbocycles. The van der Waals surface area contributed by atoms with Crippen LogP contribution in [0.15, 0.2) is 72.1 Å². The molecule has 0 radical (unpaired) electrons.